The molecule has 1 amide bonds. The third-order valence-electron chi connectivity index (χ3n) is 5.54. The van der Waals surface area contributed by atoms with Crippen LogP contribution in [-0.4, -0.2) is 45.0 Å². The van der Waals surface area contributed by atoms with Crippen molar-refractivity contribution in [2.75, 3.05) is 13.2 Å². The molecular formula is C23H25ClN4O2. The zero-order chi connectivity index (χ0) is 21.1. The maximum absolute atomic E-state index is 13.5. The quantitative estimate of drug-likeness (QED) is 0.602. The molecule has 0 saturated carbocycles. The van der Waals surface area contributed by atoms with Crippen LogP contribution in [0.2, 0.25) is 5.02 Å². The van der Waals surface area contributed by atoms with Crippen LogP contribution >= 0.6 is 11.6 Å². The van der Waals surface area contributed by atoms with E-state index in [1.807, 2.05) is 54.3 Å². The molecule has 1 aliphatic rings. The summed E-state index contributed by atoms with van der Waals surface area (Å²) >= 11 is 6.04. The van der Waals surface area contributed by atoms with Gasteiger partial charge in [0.1, 0.15) is 5.75 Å². The third-order valence-corrected chi connectivity index (χ3v) is 5.77. The largest absolute Gasteiger partial charge is 0.493 e. The van der Waals surface area contributed by atoms with Gasteiger partial charge in [-0.1, -0.05) is 29.3 Å². The molecule has 0 spiro atoms. The number of carbonyl (C=O) groups is 1. The molecule has 30 heavy (non-hydrogen) atoms. The summed E-state index contributed by atoms with van der Waals surface area (Å²) in [6.07, 6.45) is 5.19. The van der Waals surface area contributed by atoms with Gasteiger partial charge in [-0.25, -0.2) is 0 Å². The van der Waals surface area contributed by atoms with Crippen molar-refractivity contribution in [3.63, 3.8) is 0 Å². The smallest absolute Gasteiger partial charge is 0.256 e. The summed E-state index contributed by atoms with van der Waals surface area (Å²) in [5.74, 6) is 1.02. The highest BCUT2D eigenvalue weighted by Gasteiger charge is 2.31. The molecule has 1 aromatic heterocycles. The van der Waals surface area contributed by atoms with Crippen molar-refractivity contribution < 1.29 is 9.53 Å². The van der Waals surface area contributed by atoms with Gasteiger partial charge < -0.3 is 9.64 Å². The molecule has 0 radical (unpaired) electrons. The van der Waals surface area contributed by atoms with Crippen LogP contribution in [0.4, 0.5) is 0 Å². The summed E-state index contributed by atoms with van der Waals surface area (Å²) in [4.78, 5) is 17.0. The third kappa shape index (κ3) is 4.49. The van der Waals surface area contributed by atoms with E-state index in [1.165, 1.54) is 4.80 Å². The molecule has 3 aromatic rings. The van der Waals surface area contributed by atoms with Gasteiger partial charge in [-0.15, -0.1) is 0 Å². The first-order chi connectivity index (χ1) is 14.5. The number of aromatic nitrogens is 3. The second-order valence-corrected chi connectivity index (χ2v) is 8.29. The first kappa shape index (κ1) is 20.4. The van der Waals surface area contributed by atoms with E-state index in [9.17, 15) is 4.79 Å². The van der Waals surface area contributed by atoms with Crippen LogP contribution in [-0.2, 0) is 0 Å². The number of piperidine rings is 1. The van der Waals surface area contributed by atoms with E-state index in [1.54, 1.807) is 12.4 Å². The predicted molar refractivity (Wildman–Crippen MR) is 116 cm³/mol. The maximum atomic E-state index is 13.5. The molecule has 0 unspecified atom stereocenters. The lowest BCUT2D eigenvalue weighted by Crippen LogP contribution is -2.47. The molecule has 2 atom stereocenters. The number of rotatable bonds is 5. The van der Waals surface area contributed by atoms with Crippen LogP contribution < -0.4 is 4.74 Å². The zero-order valence-electron chi connectivity index (χ0n) is 17.2. The van der Waals surface area contributed by atoms with Gasteiger partial charge in [0.05, 0.1) is 30.3 Å². The van der Waals surface area contributed by atoms with E-state index < -0.39 is 0 Å². The number of carbonyl (C=O) groups excluding carboxylic acids is 1. The van der Waals surface area contributed by atoms with Gasteiger partial charge in [0.25, 0.3) is 5.91 Å². The Bertz CT molecular complexity index is 1020. The fraction of sp³-hybridized carbons (Fsp3) is 0.348. The number of hydrogen-bond acceptors (Lipinski definition) is 4. The minimum Gasteiger partial charge on any atom is -0.493 e. The summed E-state index contributed by atoms with van der Waals surface area (Å²) in [6, 6.07) is 13.4. The second kappa shape index (κ2) is 8.88. The maximum Gasteiger partial charge on any atom is 0.256 e. The zero-order valence-corrected chi connectivity index (χ0v) is 17.9. The minimum absolute atomic E-state index is 0.00551. The Hall–Kier alpha value is -2.86. The first-order valence-electron chi connectivity index (χ1n) is 10.2. The number of ether oxygens (including phenoxy) is 1. The standard InChI is InChI=1S/C23H25ClN4O2/c1-16-6-9-22(28-25-10-11-26-28)21(12-16)23(29)27-14-18(8-7-17(27)2)15-30-20-5-3-4-19(24)13-20/h3-6,9-13,17-18H,7-8,14-15H2,1-2H3/t17-,18-/m0/s1. The molecule has 0 aliphatic carbocycles. The highest BCUT2D eigenvalue weighted by Crippen LogP contribution is 2.27. The fourth-order valence-electron chi connectivity index (χ4n) is 3.86. The van der Waals surface area contributed by atoms with Crippen LogP contribution in [0, 0.1) is 12.8 Å². The van der Waals surface area contributed by atoms with E-state index in [-0.39, 0.29) is 17.9 Å². The van der Waals surface area contributed by atoms with Crippen molar-refractivity contribution in [1.29, 1.82) is 0 Å². The van der Waals surface area contributed by atoms with Crippen LogP contribution in [0.1, 0.15) is 35.7 Å². The molecule has 2 heterocycles. The van der Waals surface area contributed by atoms with Crippen molar-refractivity contribution in [3.05, 3.63) is 71.0 Å². The lowest BCUT2D eigenvalue weighted by molar-refractivity contribution is 0.0505. The lowest BCUT2D eigenvalue weighted by Gasteiger charge is -2.38. The minimum atomic E-state index is 0.00551. The fourth-order valence-corrected chi connectivity index (χ4v) is 4.04. The van der Waals surface area contributed by atoms with Crippen LogP contribution in [0.15, 0.2) is 54.9 Å². The number of halogens is 1. The summed E-state index contributed by atoms with van der Waals surface area (Å²) in [5, 5.41) is 9.08. The van der Waals surface area contributed by atoms with E-state index in [2.05, 4.69) is 17.1 Å². The summed E-state index contributed by atoms with van der Waals surface area (Å²) in [5.41, 5.74) is 2.34. The Balaban J connectivity index is 1.51. The molecule has 2 aromatic carbocycles. The van der Waals surface area contributed by atoms with Gasteiger partial charge in [-0.05, 0) is 57.0 Å². The SMILES string of the molecule is Cc1ccc(-n2nccn2)c(C(=O)N2C[C@@H](COc3cccc(Cl)c3)CC[C@@H]2C)c1. The average molecular weight is 425 g/mol. The average Bonchev–Trinajstić information content (AvgIpc) is 3.27. The molecule has 1 saturated heterocycles. The van der Waals surface area contributed by atoms with E-state index >= 15 is 0 Å². The lowest BCUT2D eigenvalue weighted by atomic mass is 9.93. The Morgan fingerprint density at radius 2 is 1.97 bits per heavy atom. The molecule has 4 rings (SSSR count). The first-order valence-corrected chi connectivity index (χ1v) is 10.6. The van der Waals surface area contributed by atoms with Crippen LogP contribution in [0.25, 0.3) is 5.69 Å². The van der Waals surface area contributed by atoms with Crippen molar-refractivity contribution in [3.8, 4) is 11.4 Å². The van der Waals surface area contributed by atoms with Gasteiger partial charge in [0, 0.05) is 23.5 Å². The molecular weight excluding hydrogens is 400 g/mol. The molecule has 1 aliphatic heterocycles. The van der Waals surface area contributed by atoms with E-state index in [0.717, 1.165) is 24.2 Å². The van der Waals surface area contributed by atoms with Crippen LogP contribution in [0.5, 0.6) is 5.75 Å². The number of nitrogens with zero attached hydrogens (tertiary/aromatic N) is 4. The topological polar surface area (TPSA) is 60.2 Å². The number of benzene rings is 2. The highest BCUT2D eigenvalue weighted by atomic mass is 35.5. The molecule has 6 nitrogen and oxygen atoms in total. The molecule has 156 valence electrons. The Labute approximate surface area is 181 Å². The van der Waals surface area contributed by atoms with Gasteiger partial charge >= 0.3 is 0 Å². The monoisotopic (exact) mass is 424 g/mol. The molecule has 7 heteroatoms. The van der Waals surface area contributed by atoms with Crippen LogP contribution in [0.3, 0.4) is 0 Å². The van der Waals surface area contributed by atoms with Crippen molar-refractivity contribution in [2.24, 2.45) is 5.92 Å². The van der Waals surface area contributed by atoms with Gasteiger partial charge in [0.2, 0.25) is 0 Å². The molecule has 0 N–H and O–H groups in total. The van der Waals surface area contributed by atoms with Crippen molar-refractivity contribution in [1.82, 2.24) is 19.9 Å². The Kier molecular flexibility index (Phi) is 6.04. The summed E-state index contributed by atoms with van der Waals surface area (Å²) in [6.45, 7) is 5.30. The number of amides is 1. The van der Waals surface area contributed by atoms with Crippen molar-refractivity contribution >= 4 is 17.5 Å². The van der Waals surface area contributed by atoms with Gasteiger partial charge in [0.15, 0.2) is 0 Å². The van der Waals surface area contributed by atoms with Crippen molar-refractivity contribution in [2.45, 2.75) is 32.7 Å². The number of likely N-dealkylation sites (tertiary alicyclic amines) is 1. The van der Waals surface area contributed by atoms with E-state index in [4.69, 9.17) is 16.3 Å². The van der Waals surface area contributed by atoms with Gasteiger partial charge in [-0.3, -0.25) is 4.79 Å². The highest BCUT2D eigenvalue weighted by molar-refractivity contribution is 6.30. The van der Waals surface area contributed by atoms with E-state index in [0.29, 0.717) is 29.4 Å². The Morgan fingerprint density at radius 1 is 1.17 bits per heavy atom. The Morgan fingerprint density at radius 3 is 2.73 bits per heavy atom. The summed E-state index contributed by atoms with van der Waals surface area (Å²) < 4.78 is 5.95. The molecule has 0 bridgehead atoms. The normalized spacial score (nSPS) is 19.0. The summed E-state index contributed by atoms with van der Waals surface area (Å²) in [7, 11) is 0. The molecule has 1 fully saturated rings. The number of aryl methyl sites for hydroxylation is 1. The number of hydrogen-bond donors (Lipinski definition) is 0. The van der Waals surface area contributed by atoms with Gasteiger partial charge in [-0.2, -0.15) is 15.0 Å². The predicted octanol–water partition coefficient (Wildman–Crippen LogP) is 4.55. The second-order valence-electron chi connectivity index (χ2n) is 7.86.